The van der Waals surface area contributed by atoms with Gasteiger partial charge in [0.2, 0.25) is 5.78 Å². The molecular weight excluding hydrogens is 558 g/mol. The van der Waals surface area contributed by atoms with Crippen molar-refractivity contribution in [2.75, 3.05) is 0 Å². The Hall–Kier alpha value is -5.06. The van der Waals surface area contributed by atoms with Gasteiger partial charge in [0.25, 0.3) is 5.91 Å². The van der Waals surface area contributed by atoms with Crippen molar-refractivity contribution in [3.63, 3.8) is 0 Å². The molecule has 11 heteroatoms. The third kappa shape index (κ3) is 4.80. The minimum absolute atomic E-state index is 0.0186. The van der Waals surface area contributed by atoms with Crippen LogP contribution in [0.4, 0.5) is 0 Å². The van der Waals surface area contributed by atoms with Gasteiger partial charge in [-0.25, -0.2) is 9.59 Å². The average Bonchev–Trinajstić information content (AvgIpc) is 3.66. The molecule has 3 saturated carbocycles. The number of hydrogen-bond donors (Lipinski definition) is 6. The summed E-state index contributed by atoms with van der Waals surface area (Å²) in [6, 6.07) is 10.7. The number of phenols is 4. The third-order valence-electron chi connectivity index (χ3n) is 9.24. The van der Waals surface area contributed by atoms with Crippen LogP contribution in [0.3, 0.4) is 0 Å². The Morgan fingerprint density at radius 2 is 1.40 bits per heavy atom. The van der Waals surface area contributed by atoms with Crippen molar-refractivity contribution in [2.45, 2.75) is 37.8 Å². The number of amides is 1. The Kier molecular flexibility index (Phi) is 6.95. The van der Waals surface area contributed by atoms with E-state index in [1.165, 1.54) is 30.3 Å². The number of esters is 1. The Bertz CT molecular complexity index is 1630. The molecular formula is C32H29NO10. The van der Waals surface area contributed by atoms with Gasteiger partial charge in [-0.05, 0) is 85.5 Å². The van der Waals surface area contributed by atoms with E-state index in [-0.39, 0.29) is 29.1 Å². The van der Waals surface area contributed by atoms with Gasteiger partial charge in [0.05, 0.1) is 22.7 Å². The molecule has 11 nitrogen and oxygen atoms in total. The Morgan fingerprint density at radius 3 is 2.05 bits per heavy atom. The monoisotopic (exact) mass is 587 g/mol. The molecule has 0 spiro atoms. The molecule has 0 radical (unpaired) electrons. The number of ketones is 1. The maximum atomic E-state index is 13.4. The maximum Gasteiger partial charge on any atom is 0.338 e. The summed E-state index contributed by atoms with van der Waals surface area (Å²) in [5, 5.41) is 53.6. The van der Waals surface area contributed by atoms with Gasteiger partial charge < -0.3 is 35.6 Å². The van der Waals surface area contributed by atoms with Gasteiger partial charge in [-0.3, -0.25) is 9.59 Å². The van der Waals surface area contributed by atoms with Gasteiger partial charge in [0.15, 0.2) is 0 Å². The molecule has 0 aromatic heterocycles. The molecule has 3 aromatic rings. The van der Waals surface area contributed by atoms with Gasteiger partial charge in [-0.15, -0.1) is 0 Å². The molecule has 1 amide bonds. The Labute approximate surface area is 245 Å². The number of carbonyl (C=O) groups excluding carboxylic acids is 3. The summed E-state index contributed by atoms with van der Waals surface area (Å²) in [6.45, 7) is 0. The minimum Gasteiger partial charge on any atom is -0.508 e. The molecule has 3 aliphatic rings. The van der Waals surface area contributed by atoms with Gasteiger partial charge in [-0.1, -0.05) is 12.5 Å². The van der Waals surface area contributed by atoms with Crippen molar-refractivity contribution in [1.82, 2.24) is 5.32 Å². The number of phenolic OH excluding ortho intramolecular Hbond substituents is 4. The highest BCUT2D eigenvalue weighted by Gasteiger charge is 2.61. The van der Waals surface area contributed by atoms with Gasteiger partial charge >= 0.3 is 11.9 Å². The van der Waals surface area contributed by atoms with Crippen LogP contribution < -0.4 is 5.32 Å². The van der Waals surface area contributed by atoms with Crippen LogP contribution in [0.25, 0.3) is 0 Å². The first-order valence-electron chi connectivity index (χ1n) is 14.0. The van der Waals surface area contributed by atoms with Gasteiger partial charge in [0, 0.05) is 11.5 Å². The normalized spacial score (nSPS) is 25.2. The van der Waals surface area contributed by atoms with E-state index in [4.69, 9.17) is 4.74 Å². The van der Waals surface area contributed by atoms with Crippen molar-refractivity contribution in [3.8, 4) is 23.0 Å². The van der Waals surface area contributed by atoms with Crippen LogP contribution in [0, 0.1) is 23.7 Å². The second-order valence-electron chi connectivity index (χ2n) is 11.5. The summed E-state index contributed by atoms with van der Waals surface area (Å²) in [4.78, 5) is 51.2. The van der Waals surface area contributed by atoms with E-state index < -0.39 is 63.8 Å². The summed E-state index contributed by atoms with van der Waals surface area (Å²) < 4.78 is 5.95. The molecule has 3 fully saturated rings. The highest BCUT2D eigenvalue weighted by Crippen LogP contribution is 2.59. The number of nitrogens with one attached hydrogen (secondary N) is 1. The largest absolute Gasteiger partial charge is 0.508 e. The first kappa shape index (κ1) is 28.1. The number of ether oxygens (including phenoxy) is 1. The summed E-state index contributed by atoms with van der Waals surface area (Å²) >= 11 is 0. The lowest BCUT2D eigenvalue weighted by Crippen LogP contribution is -2.52. The summed E-state index contributed by atoms with van der Waals surface area (Å²) in [5.41, 5.74) is -1.75. The van der Waals surface area contributed by atoms with Crippen molar-refractivity contribution in [2.24, 2.45) is 23.7 Å². The van der Waals surface area contributed by atoms with E-state index in [1.807, 2.05) is 0 Å². The maximum absolute atomic E-state index is 13.4. The van der Waals surface area contributed by atoms with E-state index in [0.717, 1.165) is 49.9 Å². The molecule has 2 bridgehead atoms. The molecule has 0 unspecified atom stereocenters. The van der Waals surface area contributed by atoms with E-state index in [1.54, 1.807) is 0 Å². The van der Waals surface area contributed by atoms with Crippen LogP contribution in [0.15, 0.2) is 54.6 Å². The smallest absolute Gasteiger partial charge is 0.338 e. The lowest BCUT2D eigenvalue weighted by atomic mass is 9.77. The predicted octanol–water partition coefficient (Wildman–Crippen LogP) is 3.83. The highest BCUT2D eigenvalue weighted by atomic mass is 16.5. The fourth-order valence-electron chi connectivity index (χ4n) is 7.48. The van der Waals surface area contributed by atoms with Crippen molar-refractivity contribution < 1.29 is 49.4 Å². The average molecular weight is 588 g/mol. The molecule has 6 N–H and O–H groups in total. The fourth-order valence-corrected chi connectivity index (χ4v) is 7.48. The zero-order valence-electron chi connectivity index (χ0n) is 22.8. The first-order valence-corrected chi connectivity index (χ1v) is 14.0. The zero-order chi connectivity index (χ0) is 30.6. The second-order valence-corrected chi connectivity index (χ2v) is 11.5. The highest BCUT2D eigenvalue weighted by molar-refractivity contribution is 6.18. The van der Waals surface area contributed by atoms with Crippen molar-refractivity contribution >= 4 is 23.6 Å². The molecule has 0 aliphatic heterocycles. The molecule has 3 aromatic carbocycles. The van der Waals surface area contributed by atoms with Crippen LogP contribution in [0.2, 0.25) is 0 Å². The number of hydrogen-bond acceptors (Lipinski definition) is 9. The van der Waals surface area contributed by atoms with Gasteiger partial charge in [0.1, 0.15) is 34.7 Å². The lowest BCUT2D eigenvalue weighted by Gasteiger charge is -2.38. The number of carboxylic acids is 1. The Morgan fingerprint density at radius 1 is 0.744 bits per heavy atom. The first-order chi connectivity index (χ1) is 20.5. The SMILES string of the molecule is O=C(N[C@@H]1[C@H]2C[C@H]([C@@H]3CCC[C@@H]32)[C@H]1OC(=O)c1cc(O)c(C(=O)c2c(O)cccc2C(=O)O)c(O)c1)c1ccc(O)cc1. The van der Waals surface area contributed by atoms with E-state index >= 15 is 0 Å². The molecule has 6 rings (SSSR count). The number of benzene rings is 3. The number of carboxylic acid groups (broad SMARTS) is 1. The lowest BCUT2D eigenvalue weighted by molar-refractivity contribution is -0.0126. The number of rotatable bonds is 7. The molecule has 3 aliphatic carbocycles. The van der Waals surface area contributed by atoms with E-state index in [2.05, 4.69) is 5.32 Å². The van der Waals surface area contributed by atoms with Crippen molar-refractivity contribution in [3.05, 3.63) is 82.4 Å². The minimum atomic E-state index is -1.50. The molecule has 43 heavy (non-hydrogen) atoms. The number of aromatic hydroxyl groups is 4. The second kappa shape index (κ2) is 10.6. The van der Waals surface area contributed by atoms with Crippen molar-refractivity contribution in [1.29, 1.82) is 0 Å². The van der Waals surface area contributed by atoms with Crippen LogP contribution in [-0.4, -0.2) is 61.3 Å². The van der Waals surface area contributed by atoms with Gasteiger partial charge in [-0.2, -0.15) is 0 Å². The third-order valence-corrected chi connectivity index (χ3v) is 9.24. The zero-order valence-corrected chi connectivity index (χ0v) is 22.8. The van der Waals surface area contributed by atoms with Crippen LogP contribution in [-0.2, 0) is 4.74 Å². The predicted molar refractivity (Wildman–Crippen MR) is 149 cm³/mol. The summed E-state index contributed by atoms with van der Waals surface area (Å²) in [6.07, 6.45) is 3.21. The number of carbonyl (C=O) groups is 4. The summed E-state index contributed by atoms with van der Waals surface area (Å²) in [5.74, 6) is -5.25. The standard InChI is InChI=1S/C32H29NO10/c34-16-9-7-14(8-10-16)30(39)33-27-20-13-21(18-4-1-3-17(18)20)29(27)43-32(42)15-11-23(36)26(24(37)12-15)28(38)25-19(31(40)41)5-2-6-22(25)35/h2,5-12,17-18,20-21,27,29,34-37H,1,3-4,13H2,(H,33,39)(H,40,41)/t17-,18+,20-,21+,27+,29+/m0/s1. The fraction of sp³-hybridized carbons (Fsp3) is 0.312. The Balaban J connectivity index is 1.26. The molecule has 222 valence electrons. The molecule has 0 heterocycles. The van der Waals surface area contributed by atoms with Crippen LogP contribution in [0.1, 0.15) is 72.7 Å². The quantitative estimate of drug-likeness (QED) is 0.175. The number of fused-ring (bicyclic) bond motifs is 5. The molecule has 0 saturated heterocycles. The summed E-state index contributed by atoms with van der Waals surface area (Å²) in [7, 11) is 0. The van der Waals surface area contributed by atoms with E-state index in [9.17, 15) is 44.7 Å². The van der Waals surface area contributed by atoms with Crippen LogP contribution in [0.5, 0.6) is 23.0 Å². The topological polar surface area (TPSA) is 191 Å². The van der Waals surface area contributed by atoms with E-state index in [0.29, 0.717) is 17.4 Å². The number of aromatic carboxylic acids is 1. The van der Waals surface area contributed by atoms with Crippen LogP contribution >= 0.6 is 0 Å². The molecule has 6 atom stereocenters.